The molecule has 0 aromatic heterocycles. The molecule has 2 N–H and O–H groups in total. The molecule has 1 aromatic carbocycles. The zero-order chi connectivity index (χ0) is 17.0. The van der Waals surface area contributed by atoms with E-state index in [2.05, 4.69) is 5.32 Å². The molecule has 0 bridgehead atoms. The second kappa shape index (κ2) is 7.13. The Labute approximate surface area is 134 Å². The van der Waals surface area contributed by atoms with Gasteiger partial charge in [0.1, 0.15) is 18.3 Å². The molecule has 1 aliphatic rings. The monoisotopic (exact) mass is 320 g/mol. The lowest BCUT2D eigenvalue weighted by molar-refractivity contribution is -0.142. The molecule has 1 aliphatic heterocycles. The lowest BCUT2D eigenvalue weighted by atomic mass is 10.0. The average molecular weight is 320 g/mol. The summed E-state index contributed by atoms with van der Waals surface area (Å²) in [6.07, 6.45) is 0.328. The first kappa shape index (κ1) is 16.8. The molecule has 7 heteroatoms. The van der Waals surface area contributed by atoms with Crippen LogP contribution in [0.4, 0.5) is 5.69 Å². The van der Waals surface area contributed by atoms with Gasteiger partial charge >= 0.3 is 5.97 Å². The van der Waals surface area contributed by atoms with Crippen molar-refractivity contribution in [1.29, 1.82) is 0 Å². The van der Waals surface area contributed by atoms with Gasteiger partial charge < -0.3 is 15.2 Å². The van der Waals surface area contributed by atoms with E-state index in [-0.39, 0.29) is 25.0 Å². The van der Waals surface area contributed by atoms with Crippen molar-refractivity contribution in [2.75, 3.05) is 18.1 Å². The van der Waals surface area contributed by atoms with Crippen LogP contribution in [-0.2, 0) is 14.4 Å². The Morgan fingerprint density at radius 3 is 2.70 bits per heavy atom. The maximum atomic E-state index is 12.2. The number of para-hydroxylation sites is 2. The normalized spacial score (nSPS) is 14.9. The molecule has 1 unspecified atom stereocenters. The van der Waals surface area contributed by atoms with Crippen LogP contribution in [-0.4, -0.2) is 42.1 Å². The highest BCUT2D eigenvalue weighted by Crippen LogP contribution is 2.31. The number of hydrogen-bond acceptors (Lipinski definition) is 4. The van der Waals surface area contributed by atoms with Gasteiger partial charge in [0.25, 0.3) is 5.91 Å². The molecular weight excluding hydrogens is 300 g/mol. The number of carboxylic acids is 1. The summed E-state index contributed by atoms with van der Waals surface area (Å²) in [6, 6.07) is 5.95. The van der Waals surface area contributed by atoms with Crippen LogP contribution < -0.4 is 15.0 Å². The fourth-order valence-electron chi connectivity index (χ4n) is 2.40. The van der Waals surface area contributed by atoms with Gasteiger partial charge in [-0.05, 0) is 24.5 Å². The summed E-state index contributed by atoms with van der Waals surface area (Å²) in [7, 11) is 0. The molecule has 1 aromatic rings. The molecule has 7 nitrogen and oxygen atoms in total. The Hall–Kier alpha value is -2.57. The maximum absolute atomic E-state index is 12.2. The number of aliphatic carboxylic acids is 1. The van der Waals surface area contributed by atoms with Gasteiger partial charge in [0.15, 0.2) is 6.61 Å². The molecule has 1 atom stereocenters. The fourth-order valence-corrected chi connectivity index (χ4v) is 2.40. The van der Waals surface area contributed by atoms with Crippen molar-refractivity contribution in [3.8, 4) is 5.75 Å². The SMILES string of the molecule is CC(C)CC(NC(=O)CN1C(=O)COc2ccccc21)C(=O)O. The Balaban J connectivity index is 2.07. The smallest absolute Gasteiger partial charge is 0.326 e. The molecule has 0 saturated carbocycles. The molecular formula is C16H20N2O5. The van der Waals surface area contributed by atoms with E-state index in [9.17, 15) is 19.5 Å². The van der Waals surface area contributed by atoms with E-state index in [1.165, 1.54) is 4.90 Å². The van der Waals surface area contributed by atoms with Gasteiger partial charge in [0.05, 0.1) is 5.69 Å². The Kier molecular flexibility index (Phi) is 5.20. The molecule has 2 amide bonds. The van der Waals surface area contributed by atoms with E-state index < -0.39 is 17.9 Å². The van der Waals surface area contributed by atoms with Crippen molar-refractivity contribution in [1.82, 2.24) is 5.32 Å². The third-order valence-corrected chi connectivity index (χ3v) is 3.45. The fraction of sp³-hybridized carbons (Fsp3) is 0.438. The summed E-state index contributed by atoms with van der Waals surface area (Å²) in [5.74, 6) is -1.28. The van der Waals surface area contributed by atoms with Gasteiger partial charge in [-0.3, -0.25) is 14.5 Å². The molecule has 1 heterocycles. The molecule has 2 rings (SSSR count). The summed E-state index contributed by atoms with van der Waals surface area (Å²) >= 11 is 0. The number of rotatable bonds is 6. The first-order valence-corrected chi connectivity index (χ1v) is 7.43. The van der Waals surface area contributed by atoms with Crippen LogP contribution in [0.1, 0.15) is 20.3 Å². The Bertz CT molecular complexity index is 614. The van der Waals surface area contributed by atoms with Gasteiger partial charge in [0.2, 0.25) is 5.91 Å². The zero-order valence-electron chi connectivity index (χ0n) is 13.1. The molecule has 124 valence electrons. The number of carbonyl (C=O) groups is 3. The predicted molar refractivity (Wildman–Crippen MR) is 83.3 cm³/mol. The van der Waals surface area contributed by atoms with E-state index in [0.29, 0.717) is 17.9 Å². The van der Waals surface area contributed by atoms with Crippen LogP contribution >= 0.6 is 0 Å². The van der Waals surface area contributed by atoms with Crippen LogP contribution in [0.15, 0.2) is 24.3 Å². The van der Waals surface area contributed by atoms with Crippen LogP contribution in [0, 0.1) is 5.92 Å². The average Bonchev–Trinajstić information content (AvgIpc) is 2.49. The highest BCUT2D eigenvalue weighted by Gasteiger charge is 2.28. The van der Waals surface area contributed by atoms with Crippen molar-refractivity contribution < 1.29 is 24.2 Å². The number of ether oxygens (including phenoxy) is 1. The van der Waals surface area contributed by atoms with Crippen LogP contribution in [0.5, 0.6) is 5.75 Å². The first-order valence-electron chi connectivity index (χ1n) is 7.43. The number of nitrogens with one attached hydrogen (secondary N) is 1. The van der Waals surface area contributed by atoms with Gasteiger partial charge in [0, 0.05) is 0 Å². The van der Waals surface area contributed by atoms with Crippen LogP contribution in [0.2, 0.25) is 0 Å². The number of benzene rings is 1. The van der Waals surface area contributed by atoms with Crippen molar-refractivity contribution in [2.24, 2.45) is 5.92 Å². The summed E-state index contributed by atoms with van der Waals surface area (Å²) in [5, 5.41) is 11.6. The molecule has 0 saturated heterocycles. The van der Waals surface area contributed by atoms with Crippen molar-refractivity contribution in [2.45, 2.75) is 26.3 Å². The largest absolute Gasteiger partial charge is 0.482 e. The lowest BCUT2D eigenvalue weighted by Crippen LogP contribution is -2.49. The predicted octanol–water partition coefficient (Wildman–Crippen LogP) is 1.03. The van der Waals surface area contributed by atoms with E-state index in [4.69, 9.17) is 4.74 Å². The van der Waals surface area contributed by atoms with Crippen LogP contribution in [0.25, 0.3) is 0 Å². The minimum absolute atomic E-state index is 0.127. The number of anilines is 1. The number of fused-ring (bicyclic) bond motifs is 1. The minimum Gasteiger partial charge on any atom is -0.482 e. The second-order valence-corrected chi connectivity index (χ2v) is 5.82. The quantitative estimate of drug-likeness (QED) is 0.816. The number of amides is 2. The zero-order valence-corrected chi connectivity index (χ0v) is 13.1. The highest BCUT2D eigenvalue weighted by atomic mass is 16.5. The molecule has 23 heavy (non-hydrogen) atoms. The third-order valence-electron chi connectivity index (χ3n) is 3.45. The third kappa shape index (κ3) is 4.21. The number of hydrogen-bond donors (Lipinski definition) is 2. The van der Waals surface area contributed by atoms with E-state index >= 15 is 0 Å². The lowest BCUT2D eigenvalue weighted by Gasteiger charge is -2.29. The molecule has 0 aliphatic carbocycles. The number of carbonyl (C=O) groups excluding carboxylic acids is 2. The van der Waals surface area contributed by atoms with Crippen molar-refractivity contribution in [3.05, 3.63) is 24.3 Å². The first-order chi connectivity index (χ1) is 10.9. The topological polar surface area (TPSA) is 95.9 Å². The van der Waals surface area contributed by atoms with Gasteiger partial charge in [-0.25, -0.2) is 4.79 Å². The molecule has 0 fully saturated rings. The second-order valence-electron chi connectivity index (χ2n) is 5.82. The van der Waals surface area contributed by atoms with Gasteiger partial charge in [-0.1, -0.05) is 26.0 Å². The molecule has 0 radical (unpaired) electrons. The summed E-state index contributed by atoms with van der Waals surface area (Å²) < 4.78 is 5.30. The van der Waals surface area contributed by atoms with Crippen LogP contribution in [0.3, 0.4) is 0 Å². The summed E-state index contributed by atoms with van der Waals surface area (Å²) in [5.41, 5.74) is 0.509. The number of nitrogens with zero attached hydrogens (tertiary/aromatic N) is 1. The molecule has 0 spiro atoms. The highest BCUT2D eigenvalue weighted by molar-refractivity contribution is 6.02. The van der Waals surface area contributed by atoms with Gasteiger partial charge in [-0.2, -0.15) is 0 Å². The van der Waals surface area contributed by atoms with E-state index in [1.807, 2.05) is 13.8 Å². The van der Waals surface area contributed by atoms with Crippen molar-refractivity contribution >= 4 is 23.5 Å². The minimum atomic E-state index is -1.08. The van der Waals surface area contributed by atoms with E-state index in [1.54, 1.807) is 24.3 Å². The summed E-state index contributed by atoms with van der Waals surface area (Å²) in [6.45, 7) is 3.38. The van der Waals surface area contributed by atoms with Gasteiger partial charge in [-0.15, -0.1) is 0 Å². The summed E-state index contributed by atoms with van der Waals surface area (Å²) in [4.78, 5) is 36.7. The number of carboxylic acid groups (broad SMARTS) is 1. The Morgan fingerprint density at radius 2 is 2.04 bits per heavy atom. The van der Waals surface area contributed by atoms with Crippen molar-refractivity contribution in [3.63, 3.8) is 0 Å². The maximum Gasteiger partial charge on any atom is 0.326 e. The Morgan fingerprint density at radius 1 is 1.35 bits per heavy atom. The standard InChI is InChI=1S/C16H20N2O5/c1-10(2)7-11(16(21)22)17-14(19)8-18-12-5-3-4-6-13(12)23-9-15(18)20/h3-6,10-11H,7-9H2,1-2H3,(H,17,19)(H,21,22). The van der Waals surface area contributed by atoms with E-state index in [0.717, 1.165) is 0 Å².